The number of carbonyl (C=O) groups is 2. The summed E-state index contributed by atoms with van der Waals surface area (Å²) in [6.45, 7) is 2.06. The molecule has 1 aliphatic heterocycles. The maximum Gasteiger partial charge on any atom is 0.246 e. The molecule has 3 aromatic carbocycles. The van der Waals surface area contributed by atoms with Gasteiger partial charge in [0.15, 0.2) is 0 Å². The number of para-hydroxylation sites is 3. The van der Waals surface area contributed by atoms with Gasteiger partial charge in [-0.3, -0.25) is 9.59 Å². The molecular weight excluding hydrogens is 374 g/mol. The molecule has 1 unspecified atom stereocenters. The lowest BCUT2D eigenvalue weighted by Crippen LogP contribution is -2.42. The Morgan fingerprint density at radius 1 is 1.00 bits per heavy atom. The normalized spacial score (nSPS) is 15.7. The third-order valence-corrected chi connectivity index (χ3v) is 5.31. The van der Waals surface area contributed by atoms with E-state index in [-0.39, 0.29) is 30.8 Å². The summed E-state index contributed by atoms with van der Waals surface area (Å²) in [4.78, 5) is 27.1. The van der Waals surface area contributed by atoms with E-state index in [1.54, 1.807) is 4.90 Å². The van der Waals surface area contributed by atoms with Crippen LogP contribution in [0.3, 0.4) is 0 Å². The number of rotatable bonds is 5. The molecule has 4 rings (SSSR count). The largest absolute Gasteiger partial charge is 0.376 e. The molecule has 5 heteroatoms. The highest BCUT2D eigenvalue weighted by Gasteiger charge is 2.29. The van der Waals surface area contributed by atoms with E-state index in [2.05, 4.69) is 28.8 Å². The molecule has 0 saturated heterocycles. The Hall–Kier alpha value is -3.60. The van der Waals surface area contributed by atoms with Crippen molar-refractivity contribution in [3.05, 3.63) is 90.0 Å². The topological polar surface area (TPSA) is 61.4 Å². The van der Waals surface area contributed by atoms with Gasteiger partial charge in [-0.15, -0.1) is 0 Å². The molecule has 1 atom stereocenters. The predicted molar refractivity (Wildman–Crippen MR) is 121 cm³/mol. The van der Waals surface area contributed by atoms with Crippen LogP contribution in [0, 0.1) is 0 Å². The van der Waals surface area contributed by atoms with Crippen molar-refractivity contribution in [2.75, 3.05) is 22.1 Å². The number of benzene rings is 3. The highest BCUT2D eigenvalue weighted by molar-refractivity contribution is 6.05. The summed E-state index contributed by atoms with van der Waals surface area (Å²) in [5.74, 6) is -0.146. The Morgan fingerprint density at radius 2 is 1.70 bits per heavy atom. The summed E-state index contributed by atoms with van der Waals surface area (Å²) >= 11 is 0. The van der Waals surface area contributed by atoms with Crippen LogP contribution in [0.25, 0.3) is 0 Å². The van der Waals surface area contributed by atoms with Gasteiger partial charge in [0.25, 0.3) is 0 Å². The second kappa shape index (κ2) is 8.82. The Balaban J connectivity index is 1.52. The van der Waals surface area contributed by atoms with Gasteiger partial charge in [-0.1, -0.05) is 60.7 Å². The number of hydrogen-bond donors (Lipinski definition) is 2. The van der Waals surface area contributed by atoms with Crippen molar-refractivity contribution in [3.8, 4) is 0 Å². The summed E-state index contributed by atoms with van der Waals surface area (Å²) < 4.78 is 0. The maximum atomic E-state index is 13.2. The van der Waals surface area contributed by atoms with E-state index in [1.165, 1.54) is 5.56 Å². The van der Waals surface area contributed by atoms with E-state index in [1.807, 2.05) is 67.6 Å². The Kier molecular flexibility index (Phi) is 5.80. The SMILES string of the molecule is CC1CC(=O)Nc2ccccc2N1C(=O)CNc1ccccc1Cc1ccccc1. The van der Waals surface area contributed by atoms with E-state index in [0.29, 0.717) is 5.69 Å². The Labute approximate surface area is 176 Å². The fourth-order valence-electron chi connectivity index (χ4n) is 3.89. The third kappa shape index (κ3) is 4.35. The van der Waals surface area contributed by atoms with Crippen molar-refractivity contribution in [2.24, 2.45) is 0 Å². The fourth-order valence-corrected chi connectivity index (χ4v) is 3.89. The monoisotopic (exact) mass is 399 g/mol. The van der Waals surface area contributed by atoms with Crippen LogP contribution in [0.4, 0.5) is 17.1 Å². The number of hydrogen-bond acceptors (Lipinski definition) is 3. The summed E-state index contributed by atoms with van der Waals surface area (Å²) in [5, 5.41) is 6.21. The van der Waals surface area contributed by atoms with Gasteiger partial charge in [-0.05, 0) is 42.7 Å². The van der Waals surface area contributed by atoms with Crippen molar-refractivity contribution in [1.29, 1.82) is 0 Å². The fraction of sp³-hybridized carbons (Fsp3) is 0.200. The molecule has 5 nitrogen and oxygen atoms in total. The van der Waals surface area contributed by atoms with Crippen molar-refractivity contribution < 1.29 is 9.59 Å². The van der Waals surface area contributed by atoms with Crippen molar-refractivity contribution in [2.45, 2.75) is 25.8 Å². The highest BCUT2D eigenvalue weighted by Crippen LogP contribution is 2.31. The number of amides is 2. The first kappa shape index (κ1) is 19.7. The molecule has 0 saturated carbocycles. The zero-order chi connectivity index (χ0) is 20.9. The molecule has 2 N–H and O–H groups in total. The molecule has 0 radical (unpaired) electrons. The molecule has 0 spiro atoms. The van der Waals surface area contributed by atoms with Crippen LogP contribution in [0.1, 0.15) is 24.5 Å². The van der Waals surface area contributed by atoms with Crippen LogP contribution in [0.5, 0.6) is 0 Å². The van der Waals surface area contributed by atoms with Crippen LogP contribution in [-0.4, -0.2) is 24.4 Å². The number of nitrogens with one attached hydrogen (secondary N) is 2. The lowest BCUT2D eigenvalue weighted by molar-refractivity contribution is -0.118. The lowest BCUT2D eigenvalue weighted by atomic mass is 10.0. The van der Waals surface area contributed by atoms with Crippen LogP contribution in [0.2, 0.25) is 0 Å². The predicted octanol–water partition coefficient (Wildman–Crippen LogP) is 4.45. The van der Waals surface area contributed by atoms with E-state index < -0.39 is 0 Å². The number of anilines is 3. The number of fused-ring (bicyclic) bond motifs is 1. The molecule has 0 fully saturated rings. The molecule has 0 aliphatic carbocycles. The molecule has 152 valence electrons. The van der Waals surface area contributed by atoms with E-state index in [9.17, 15) is 9.59 Å². The van der Waals surface area contributed by atoms with Gasteiger partial charge in [-0.2, -0.15) is 0 Å². The summed E-state index contributed by atoms with van der Waals surface area (Å²) in [6, 6.07) is 25.5. The summed E-state index contributed by atoms with van der Waals surface area (Å²) in [6.07, 6.45) is 1.06. The van der Waals surface area contributed by atoms with Gasteiger partial charge in [-0.25, -0.2) is 0 Å². The quantitative estimate of drug-likeness (QED) is 0.666. The second-order valence-electron chi connectivity index (χ2n) is 7.56. The van der Waals surface area contributed by atoms with Gasteiger partial charge in [0, 0.05) is 18.2 Å². The minimum atomic E-state index is -0.220. The second-order valence-corrected chi connectivity index (χ2v) is 7.56. The van der Waals surface area contributed by atoms with Crippen LogP contribution in [0.15, 0.2) is 78.9 Å². The van der Waals surface area contributed by atoms with Gasteiger partial charge < -0.3 is 15.5 Å². The molecule has 1 heterocycles. The average Bonchev–Trinajstić information content (AvgIpc) is 2.88. The standard InChI is InChI=1S/C25H25N3O2/c1-18-15-24(29)27-22-13-7-8-14-23(22)28(18)25(30)17-26-21-12-6-5-11-20(21)16-19-9-3-2-4-10-19/h2-14,18,26H,15-17H2,1H3,(H,27,29). The van der Waals surface area contributed by atoms with Gasteiger partial charge >= 0.3 is 0 Å². The zero-order valence-corrected chi connectivity index (χ0v) is 17.0. The van der Waals surface area contributed by atoms with Crippen molar-refractivity contribution >= 4 is 28.9 Å². The van der Waals surface area contributed by atoms with E-state index >= 15 is 0 Å². The van der Waals surface area contributed by atoms with Crippen LogP contribution >= 0.6 is 0 Å². The van der Waals surface area contributed by atoms with Gasteiger partial charge in [0.2, 0.25) is 11.8 Å². The van der Waals surface area contributed by atoms with E-state index in [0.717, 1.165) is 23.4 Å². The molecule has 0 bridgehead atoms. The Bertz CT molecular complexity index is 1050. The first-order valence-electron chi connectivity index (χ1n) is 10.2. The van der Waals surface area contributed by atoms with E-state index in [4.69, 9.17) is 0 Å². The van der Waals surface area contributed by atoms with Crippen LogP contribution in [-0.2, 0) is 16.0 Å². The lowest BCUT2D eigenvalue weighted by Gasteiger charge is -2.28. The van der Waals surface area contributed by atoms with Crippen molar-refractivity contribution in [3.63, 3.8) is 0 Å². The minimum Gasteiger partial charge on any atom is -0.376 e. The molecule has 0 aromatic heterocycles. The zero-order valence-electron chi connectivity index (χ0n) is 17.0. The average molecular weight is 399 g/mol. The maximum absolute atomic E-state index is 13.2. The first-order valence-corrected chi connectivity index (χ1v) is 10.2. The van der Waals surface area contributed by atoms with Crippen molar-refractivity contribution in [1.82, 2.24) is 0 Å². The number of carbonyl (C=O) groups excluding carboxylic acids is 2. The molecule has 30 heavy (non-hydrogen) atoms. The van der Waals surface area contributed by atoms with Gasteiger partial charge in [0.05, 0.1) is 17.9 Å². The van der Waals surface area contributed by atoms with Crippen LogP contribution < -0.4 is 15.5 Å². The first-order chi connectivity index (χ1) is 14.6. The minimum absolute atomic E-state index is 0.0686. The smallest absolute Gasteiger partial charge is 0.246 e. The third-order valence-electron chi connectivity index (χ3n) is 5.31. The summed E-state index contributed by atoms with van der Waals surface area (Å²) in [7, 11) is 0. The Morgan fingerprint density at radius 3 is 2.53 bits per heavy atom. The molecule has 3 aromatic rings. The van der Waals surface area contributed by atoms with Gasteiger partial charge in [0.1, 0.15) is 0 Å². The molecular formula is C25H25N3O2. The molecule has 1 aliphatic rings. The number of nitrogens with zero attached hydrogens (tertiary/aromatic N) is 1. The molecule has 2 amide bonds. The summed E-state index contributed by atoms with van der Waals surface area (Å²) in [5.41, 5.74) is 4.71. The highest BCUT2D eigenvalue weighted by atomic mass is 16.2.